The minimum atomic E-state index is 0.150. The maximum absolute atomic E-state index is 12.6. The number of carbonyl (C=O) groups is 1. The maximum Gasteiger partial charge on any atom is 0.236 e. The third-order valence-electron chi connectivity index (χ3n) is 4.76. The van der Waals surface area contributed by atoms with E-state index >= 15 is 0 Å². The van der Waals surface area contributed by atoms with Gasteiger partial charge >= 0.3 is 0 Å². The summed E-state index contributed by atoms with van der Waals surface area (Å²) < 4.78 is 0. The molecule has 4 nitrogen and oxygen atoms in total. The summed E-state index contributed by atoms with van der Waals surface area (Å²) in [5.74, 6) is 0.150. The monoisotopic (exact) mass is 353 g/mol. The molecule has 0 spiro atoms. The number of aryl methyl sites for hydroxylation is 1. The van der Waals surface area contributed by atoms with Gasteiger partial charge in [-0.05, 0) is 42.3 Å². The highest BCUT2D eigenvalue weighted by molar-refractivity contribution is 5.78. The van der Waals surface area contributed by atoms with Crippen LogP contribution in [0.3, 0.4) is 0 Å². The number of benzene rings is 2. The smallest absolute Gasteiger partial charge is 0.236 e. The molecular weight excluding hydrogens is 322 g/mol. The van der Waals surface area contributed by atoms with Crippen molar-refractivity contribution in [1.82, 2.24) is 9.80 Å². The molecule has 2 rings (SSSR count). The fourth-order valence-electron chi connectivity index (χ4n) is 2.88. The summed E-state index contributed by atoms with van der Waals surface area (Å²) >= 11 is 0. The van der Waals surface area contributed by atoms with Crippen molar-refractivity contribution >= 4 is 11.6 Å². The Morgan fingerprint density at radius 3 is 2.15 bits per heavy atom. The molecule has 0 saturated heterocycles. The predicted molar refractivity (Wildman–Crippen MR) is 109 cm³/mol. The van der Waals surface area contributed by atoms with Crippen LogP contribution in [0.5, 0.6) is 0 Å². The summed E-state index contributed by atoms with van der Waals surface area (Å²) in [5, 5.41) is 0. The Hall–Kier alpha value is -2.33. The minimum absolute atomic E-state index is 0.150. The van der Waals surface area contributed by atoms with Crippen molar-refractivity contribution < 1.29 is 4.79 Å². The van der Waals surface area contributed by atoms with Gasteiger partial charge in [0.15, 0.2) is 0 Å². The van der Waals surface area contributed by atoms with Gasteiger partial charge in [0, 0.05) is 39.9 Å². The number of nitrogens with zero attached hydrogens (tertiary/aromatic N) is 3. The van der Waals surface area contributed by atoms with Crippen LogP contribution in [0.1, 0.15) is 23.6 Å². The van der Waals surface area contributed by atoms with Crippen molar-refractivity contribution in [2.45, 2.75) is 26.9 Å². The van der Waals surface area contributed by atoms with E-state index < -0.39 is 0 Å². The van der Waals surface area contributed by atoms with Gasteiger partial charge in [-0.1, -0.05) is 43.3 Å². The quantitative estimate of drug-likeness (QED) is 0.726. The highest BCUT2D eigenvalue weighted by atomic mass is 16.2. The van der Waals surface area contributed by atoms with Gasteiger partial charge in [-0.25, -0.2) is 0 Å². The van der Waals surface area contributed by atoms with Gasteiger partial charge in [0.25, 0.3) is 0 Å². The topological polar surface area (TPSA) is 26.8 Å². The molecule has 140 valence electrons. The summed E-state index contributed by atoms with van der Waals surface area (Å²) in [6.07, 6.45) is 0. The van der Waals surface area contributed by atoms with Gasteiger partial charge in [0.05, 0.1) is 6.54 Å². The van der Waals surface area contributed by atoms with E-state index in [1.807, 2.05) is 26.0 Å². The Labute approximate surface area is 158 Å². The van der Waals surface area contributed by atoms with Crippen LogP contribution < -0.4 is 4.90 Å². The molecule has 0 aromatic heterocycles. The summed E-state index contributed by atoms with van der Waals surface area (Å²) in [7, 11) is 5.93. The Balaban J connectivity index is 1.93. The van der Waals surface area contributed by atoms with Crippen LogP contribution in [0.15, 0.2) is 48.5 Å². The molecule has 1 amide bonds. The molecule has 0 aliphatic rings. The number of rotatable bonds is 8. The molecule has 0 radical (unpaired) electrons. The molecule has 0 unspecified atom stereocenters. The first-order chi connectivity index (χ1) is 12.4. The molecule has 0 aliphatic heterocycles. The zero-order valence-corrected chi connectivity index (χ0v) is 16.7. The minimum Gasteiger partial charge on any atom is -0.378 e. The number of amides is 1. The summed E-state index contributed by atoms with van der Waals surface area (Å²) in [6, 6.07) is 16.7. The van der Waals surface area contributed by atoms with Crippen LogP contribution in [0.4, 0.5) is 5.69 Å². The van der Waals surface area contributed by atoms with E-state index in [1.54, 1.807) is 0 Å². The van der Waals surface area contributed by atoms with Gasteiger partial charge in [-0.3, -0.25) is 9.69 Å². The summed E-state index contributed by atoms with van der Waals surface area (Å²) in [6.45, 7) is 6.96. The van der Waals surface area contributed by atoms with Crippen LogP contribution in [0.2, 0.25) is 0 Å². The van der Waals surface area contributed by atoms with Crippen molar-refractivity contribution in [3.05, 3.63) is 65.2 Å². The molecule has 2 aromatic rings. The highest BCUT2D eigenvalue weighted by Gasteiger charge is 2.15. The molecule has 0 bridgehead atoms. The molecule has 0 heterocycles. The van der Waals surface area contributed by atoms with E-state index in [9.17, 15) is 4.79 Å². The zero-order valence-electron chi connectivity index (χ0n) is 16.7. The third kappa shape index (κ3) is 5.60. The van der Waals surface area contributed by atoms with Crippen LogP contribution >= 0.6 is 0 Å². The van der Waals surface area contributed by atoms with E-state index in [-0.39, 0.29) is 5.91 Å². The highest BCUT2D eigenvalue weighted by Crippen LogP contribution is 2.14. The maximum atomic E-state index is 12.6. The molecule has 0 atom stereocenters. The average molecular weight is 354 g/mol. The number of anilines is 1. The number of hydrogen-bond donors (Lipinski definition) is 0. The predicted octanol–water partition coefficient (Wildman–Crippen LogP) is 3.54. The second-order valence-corrected chi connectivity index (χ2v) is 7.04. The van der Waals surface area contributed by atoms with Crippen molar-refractivity contribution in [3.63, 3.8) is 0 Å². The van der Waals surface area contributed by atoms with E-state index in [2.05, 4.69) is 72.2 Å². The lowest BCUT2D eigenvalue weighted by Crippen LogP contribution is -2.37. The van der Waals surface area contributed by atoms with E-state index in [1.165, 1.54) is 11.1 Å². The molecular formula is C22H31N3O. The molecule has 0 saturated carbocycles. The van der Waals surface area contributed by atoms with Gasteiger partial charge in [-0.2, -0.15) is 0 Å². The SMILES string of the molecule is CCN(CC(=O)N(C)Cc1ccc(N(C)C)cc1)Cc1ccccc1C. The van der Waals surface area contributed by atoms with Crippen LogP contribution in [-0.2, 0) is 17.9 Å². The van der Waals surface area contributed by atoms with Gasteiger partial charge < -0.3 is 9.80 Å². The lowest BCUT2D eigenvalue weighted by molar-refractivity contribution is -0.131. The molecule has 2 aromatic carbocycles. The normalized spacial score (nSPS) is 10.8. The Morgan fingerprint density at radius 2 is 1.58 bits per heavy atom. The third-order valence-corrected chi connectivity index (χ3v) is 4.76. The molecule has 0 N–H and O–H groups in total. The fourth-order valence-corrected chi connectivity index (χ4v) is 2.88. The average Bonchev–Trinajstić information content (AvgIpc) is 2.63. The number of carbonyl (C=O) groups excluding carboxylic acids is 1. The lowest BCUT2D eigenvalue weighted by Gasteiger charge is -2.25. The van der Waals surface area contributed by atoms with Crippen LogP contribution in [0, 0.1) is 6.92 Å². The number of hydrogen-bond acceptors (Lipinski definition) is 3. The van der Waals surface area contributed by atoms with Crippen molar-refractivity contribution in [2.75, 3.05) is 39.1 Å². The van der Waals surface area contributed by atoms with Gasteiger partial charge in [0.2, 0.25) is 5.91 Å². The van der Waals surface area contributed by atoms with Crippen LogP contribution in [0.25, 0.3) is 0 Å². The van der Waals surface area contributed by atoms with E-state index in [0.717, 1.165) is 24.3 Å². The zero-order chi connectivity index (χ0) is 19.1. The molecule has 26 heavy (non-hydrogen) atoms. The van der Waals surface area contributed by atoms with Gasteiger partial charge in [0.1, 0.15) is 0 Å². The molecule has 0 aliphatic carbocycles. The van der Waals surface area contributed by atoms with E-state index in [4.69, 9.17) is 0 Å². The summed E-state index contributed by atoms with van der Waals surface area (Å²) in [4.78, 5) is 18.7. The largest absolute Gasteiger partial charge is 0.378 e. The second kappa shape index (κ2) is 9.39. The molecule has 0 fully saturated rings. The van der Waals surface area contributed by atoms with Crippen LogP contribution in [-0.4, -0.2) is 49.9 Å². The lowest BCUT2D eigenvalue weighted by atomic mass is 10.1. The molecule has 4 heteroatoms. The Morgan fingerprint density at radius 1 is 0.923 bits per heavy atom. The van der Waals surface area contributed by atoms with Crippen molar-refractivity contribution in [3.8, 4) is 0 Å². The first-order valence-corrected chi connectivity index (χ1v) is 9.17. The van der Waals surface area contributed by atoms with Crippen molar-refractivity contribution in [2.24, 2.45) is 0 Å². The van der Waals surface area contributed by atoms with Gasteiger partial charge in [-0.15, -0.1) is 0 Å². The summed E-state index contributed by atoms with van der Waals surface area (Å²) in [5.41, 5.74) is 4.86. The second-order valence-electron chi connectivity index (χ2n) is 7.04. The van der Waals surface area contributed by atoms with E-state index in [0.29, 0.717) is 13.1 Å². The number of likely N-dealkylation sites (N-methyl/N-ethyl adjacent to an activating group) is 2. The van der Waals surface area contributed by atoms with Crippen molar-refractivity contribution in [1.29, 1.82) is 0 Å². The first-order valence-electron chi connectivity index (χ1n) is 9.17. The fraction of sp³-hybridized carbons (Fsp3) is 0.409. The standard InChI is InChI=1S/C22H31N3O/c1-6-25(16-20-10-8-7-9-18(20)2)17-22(26)24(5)15-19-11-13-21(14-12-19)23(3)4/h7-14H,6,15-17H2,1-5H3. The Kier molecular flexibility index (Phi) is 7.22. The first kappa shape index (κ1) is 20.0. The Bertz CT molecular complexity index is 710.